The molecule has 0 saturated heterocycles. The lowest BCUT2D eigenvalue weighted by atomic mass is 10.3. The Hall–Kier alpha value is -2.01. The fourth-order valence-corrected chi connectivity index (χ4v) is 3.13. The van der Waals surface area contributed by atoms with Gasteiger partial charge in [0.15, 0.2) is 0 Å². The van der Waals surface area contributed by atoms with E-state index in [0.29, 0.717) is 0 Å². The third-order valence-corrected chi connectivity index (χ3v) is 4.62. The first-order chi connectivity index (χ1) is 9.07. The van der Waals surface area contributed by atoms with Crippen LogP contribution in [0.15, 0.2) is 58.3 Å². The first-order valence-corrected chi connectivity index (χ1v) is 7.37. The number of hydrogen-bond donors (Lipinski definition) is 2. The second kappa shape index (κ2) is 5.32. The van der Waals surface area contributed by atoms with Crippen LogP contribution in [0.5, 0.6) is 0 Å². The monoisotopic (exact) mass is 276 g/mol. The van der Waals surface area contributed by atoms with Crippen molar-refractivity contribution >= 4 is 21.2 Å². The van der Waals surface area contributed by atoms with E-state index in [1.165, 1.54) is 0 Å². The molecule has 0 aromatic heterocycles. The highest BCUT2D eigenvalue weighted by Gasteiger charge is 2.18. The Morgan fingerprint density at radius 1 is 0.789 bits per heavy atom. The Morgan fingerprint density at radius 2 is 1.21 bits per heavy atom. The molecule has 0 aliphatic carbocycles. The first-order valence-electron chi connectivity index (χ1n) is 5.88. The molecule has 4 nitrogen and oxygen atoms in total. The van der Waals surface area contributed by atoms with Crippen molar-refractivity contribution in [3.8, 4) is 0 Å². The zero-order valence-electron chi connectivity index (χ0n) is 10.8. The molecule has 0 fully saturated rings. The standard InChI is InChI=1S/C14H16N2O2S/c1-15-11-5-3-7-13(9-11)19(17,18)14-8-4-6-12(10-14)16-2/h3-10,15-16H,1-2H3. The minimum absolute atomic E-state index is 0.285. The molecule has 2 rings (SSSR count). The second-order valence-electron chi connectivity index (χ2n) is 4.06. The van der Waals surface area contributed by atoms with E-state index in [0.717, 1.165) is 11.4 Å². The van der Waals surface area contributed by atoms with Gasteiger partial charge in [0.1, 0.15) is 0 Å². The van der Waals surface area contributed by atoms with Gasteiger partial charge in [0, 0.05) is 25.5 Å². The third kappa shape index (κ3) is 2.71. The van der Waals surface area contributed by atoms with Gasteiger partial charge in [0.2, 0.25) is 9.84 Å². The maximum absolute atomic E-state index is 12.5. The number of nitrogens with one attached hydrogen (secondary N) is 2. The van der Waals surface area contributed by atoms with Gasteiger partial charge in [-0.2, -0.15) is 0 Å². The minimum Gasteiger partial charge on any atom is -0.388 e. The quantitative estimate of drug-likeness (QED) is 0.901. The number of benzene rings is 2. The van der Waals surface area contributed by atoms with Gasteiger partial charge in [0.25, 0.3) is 0 Å². The molecule has 0 aliphatic heterocycles. The van der Waals surface area contributed by atoms with Crippen molar-refractivity contribution in [1.29, 1.82) is 0 Å². The van der Waals surface area contributed by atoms with Crippen LogP contribution in [0.4, 0.5) is 11.4 Å². The summed E-state index contributed by atoms with van der Waals surface area (Å²) in [5.74, 6) is 0. The second-order valence-corrected chi connectivity index (χ2v) is 6.01. The maximum Gasteiger partial charge on any atom is 0.206 e. The lowest BCUT2D eigenvalue weighted by Crippen LogP contribution is -2.03. The summed E-state index contributed by atoms with van der Waals surface area (Å²) in [6.07, 6.45) is 0. The van der Waals surface area contributed by atoms with Crippen molar-refractivity contribution in [2.45, 2.75) is 9.79 Å². The van der Waals surface area contributed by atoms with E-state index in [2.05, 4.69) is 10.6 Å². The molecule has 100 valence electrons. The summed E-state index contributed by atoms with van der Waals surface area (Å²) in [6.45, 7) is 0. The van der Waals surface area contributed by atoms with Gasteiger partial charge < -0.3 is 10.6 Å². The van der Waals surface area contributed by atoms with Crippen LogP contribution >= 0.6 is 0 Å². The van der Waals surface area contributed by atoms with Crippen LogP contribution in [-0.2, 0) is 9.84 Å². The van der Waals surface area contributed by atoms with Crippen LogP contribution in [0.25, 0.3) is 0 Å². The average Bonchev–Trinajstić information content (AvgIpc) is 2.47. The summed E-state index contributed by atoms with van der Waals surface area (Å²) in [6, 6.07) is 13.5. The zero-order valence-corrected chi connectivity index (χ0v) is 11.7. The Balaban J connectivity index is 2.51. The predicted octanol–water partition coefficient (Wildman–Crippen LogP) is 2.60. The van der Waals surface area contributed by atoms with Gasteiger partial charge in [0.05, 0.1) is 9.79 Å². The fraction of sp³-hybridized carbons (Fsp3) is 0.143. The van der Waals surface area contributed by atoms with Gasteiger partial charge in [-0.25, -0.2) is 8.42 Å². The van der Waals surface area contributed by atoms with Crippen molar-refractivity contribution in [1.82, 2.24) is 0 Å². The van der Waals surface area contributed by atoms with Crippen LogP contribution in [0.1, 0.15) is 0 Å². The number of anilines is 2. The van der Waals surface area contributed by atoms with E-state index in [1.807, 2.05) is 12.1 Å². The number of rotatable bonds is 4. The van der Waals surface area contributed by atoms with Gasteiger partial charge in [-0.3, -0.25) is 0 Å². The van der Waals surface area contributed by atoms with E-state index < -0.39 is 9.84 Å². The SMILES string of the molecule is CNc1cccc(S(=O)(=O)c2cccc(NC)c2)c1. The van der Waals surface area contributed by atoms with Crippen LogP contribution in [0.2, 0.25) is 0 Å². The van der Waals surface area contributed by atoms with Gasteiger partial charge >= 0.3 is 0 Å². The van der Waals surface area contributed by atoms with Crippen LogP contribution in [0.3, 0.4) is 0 Å². The van der Waals surface area contributed by atoms with Crippen molar-refractivity contribution in [2.75, 3.05) is 24.7 Å². The Bertz CT molecular complexity index is 628. The molecule has 0 spiro atoms. The summed E-state index contributed by atoms with van der Waals surface area (Å²) < 4.78 is 25.0. The van der Waals surface area contributed by atoms with Gasteiger partial charge in [-0.05, 0) is 36.4 Å². The smallest absolute Gasteiger partial charge is 0.206 e. The zero-order chi connectivity index (χ0) is 13.9. The van der Waals surface area contributed by atoms with E-state index in [4.69, 9.17) is 0 Å². The summed E-state index contributed by atoms with van der Waals surface area (Å²) in [5, 5.41) is 5.87. The molecule has 0 heterocycles. The highest BCUT2D eigenvalue weighted by atomic mass is 32.2. The summed E-state index contributed by atoms with van der Waals surface area (Å²) in [4.78, 5) is 0.570. The lowest BCUT2D eigenvalue weighted by Gasteiger charge is -2.08. The normalized spacial score (nSPS) is 11.1. The molecule has 0 aliphatic rings. The molecular formula is C14H16N2O2S. The molecule has 0 atom stereocenters. The average molecular weight is 276 g/mol. The molecule has 2 N–H and O–H groups in total. The van der Waals surface area contributed by atoms with E-state index in [1.54, 1.807) is 50.5 Å². The third-order valence-electron chi connectivity index (χ3n) is 2.87. The van der Waals surface area contributed by atoms with Crippen LogP contribution in [-0.4, -0.2) is 22.5 Å². The number of hydrogen-bond acceptors (Lipinski definition) is 4. The van der Waals surface area contributed by atoms with Gasteiger partial charge in [-0.15, -0.1) is 0 Å². The maximum atomic E-state index is 12.5. The van der Waals surface area contributed by atoms with E-state index >= 15 is 0 Å². The molecule has 0 amide bonds. The first kappa shape index (κ1) is 13.4. The summed E-state index contributed by atoms with van der Waals surface area (Å²) in [5.41, 5.74) is 1.54. The topological polar surface area (TPSA) is 58.2 Å². The van der Waals surface area contributed by atoms with E-state index in [9.17, 15) is 8.42 Å². The Labute approximate surface area is 113 Å². The van der Waals surface area contributed by atoms with Crippen molar-refractivity contribution in [2.24, 2.45) is 0 Å². The highest BCUT2D eigenvalue weighted by Crippen LogP contribution is 2.24. The largest absolute Gasteiger partial charge is 0.388 e. The Morgan fingerprint density at radius 3 is 1.58 bits per heavy atom. The molecule has 0 unspecified atom stereocenters. The lowest BCUT2D eigenvalue weighted by molar-refractivity contribution is 0.596. The molecule has 0 radical (unpaired) electrons. The molecule has 0 bridgehead atoms. The minimum atomic E-state index is -3.48. The summed E-state index contributed by atoms with van der Waals surface area (Å²) in [7, 11) is 0.0304. The van der Waals surface area contributed by atoms with Crippen molar-refractivity contribution in [3.63, 3.8) is 0 Å². The van der Waals surface area contributed by atoms with Crippen molar-refractivity contribution in [3.05, 3.63) is 48.5 Å². The number of sulfone groups is 1. The fourth-order valence-electron chi connectivity index (χ4n) is 1.77. The van der Waals surface area contributed by atoms with Crippen LogP contribution < -0.4 is 10.6 Å². The predicted molar refractivity (Wildman–Crippen MR) is 77.4 cm³/mol. The molecule has 0 saturated carbocycles. The molecule has 2 aromatic rings. The highest BCUT2D eigenvalue weighted by molar-refractivity contribution is 7.91. The van der Waals surface area contributed by atoms with E-state index in [-0.39, 0.29) is 9.79 Å². The Kier molecular flexibility index (Phi) is 3.76. The molecular weight excluding hydrogens is 260 g/mol. The molecule has 5 heteroatoms. The summed E-state index contributed by atoms with van der Waals surface area (Å²) >= 11 is 0. The van der Waals surface area contributed by atoms with Crippen molar-refractivity contribution < 1.29 is 8.42 Å². The molecule has 19 heavy (non-hydrogen) atoms. The van der Waals surface area contributed by atoms with Gasteiger partial charge in [-0.1, -0.05) is 12.1 Å². The van der Waals surface area contributed by atoms with Crippen LogP contribution in [0, 0.1) is 0 Å². The molecule has 2 aromatic carbocycles.